The van der Waals surface area contributed by atoms with Crippen molar-refractivity contribution < 1.29 is 17.6 Å². The third-order valence-corrected chi connectivity index (χ3v) is 4.35. The summed E-state index contributed by atoms with van der Waals surface area (Å²) in [7, 11) is 3.28. The van der Waals surface area contributed by atoms with Gasteiger partial charge in [0.2, 0.25) is 5.89 Å². The molecule has 0 aliphatic heterocycles. The van der Waals surface area contributed by atoms with Gasteiger partial charge < -0.3 is 9.32 Å². The number of hydrogen-bond donors (Lipinski definition) is 0. The van der Waals surface area contributed by atoms with Crippen LogP contribution in [0.25, 0.3) is 0 Å². The van der Waals surface area contributed by atoms with Crippen molar-refractivity contribution in [3.8, 4) is 0 Å². The SMILES string of the molecule is CN(C)c1nnc(Cn2c(=O)c(C(F)(F)F)cn(C3CCCC3)c2=O)o1. The second-order valence-electron chi connectivity index (χ2n) is 6.43. The van der Waals surface area contributed by atoms with Crippen molar-refractivity contribution in [2.24, 2.45) is 0 Å². The van der Waals surface area contributed by atoms with Gasteiger partial charge in [0.05, 0.1) is 0 Å². The summed E-state index contributed by atoms with van der Waals surface area (Å²) in [5, 5.41) is 7.39. The second kappa shape index (κ2) is 6.61. The minimum absolute atomic E-state index is 0.120. The zero-order valence-corrected chi connectivity index (χ0v) is 14.3. The lowest BCUT2D eigenvalue weighted by molar-refractivity contribution is -0.139. The maximum absolute atomic E-state index is 13.3. The minimum Gasteiger partial charge on any atom is -0.406 e. The number of rotatable bonds is 4. The van der Waals surface area contributed by atoms with Gasteiger partial charge in [0, 0.05) is 26.3 Å². The molecule has 26 heavy (non-hydrogen) atoms. The van der Waals surface area contributed by atoms with Crippen molar-refractivity contribution in [2.75, 3.05) is 19.0 Å². The summed E-state index contributed by atoms with van der Waals surface area (Å²) >= 11 is 0. The number of anilines is 1. The van der Waals surface area contributed by atoms with Gasteiger partial charge in [0.1, 0.15) is 12.1 Å². The Morgan fingerprint density at radius 2 is 1.88 bits per heavy atom. The quantitative estimate of drug-likeness (QED) is 0.810. The maximum Gasteiger partial charge on any atom is 0.423 e. The van der Waals surface area contributed by atoms with Gasteiger partial charge in [-0.3, -0.25) is 13.9 Å². The number of hydrogen-bond acceptors (Lipinski definition) is 6. The molecule has 1 aliphatic carbocycles. The lowest BCUT2D eigenvalue weighted by Crippen LogP contribution is -2.44. The Bertz CT molecular complexity index is 906. The van der Waals surface area contributed by atoms with E-state index in [2.05, 4.69) is 10.2 Å². The van der Waals surface area contributed by atoms with Gasteiger partial charge in [-0.1, -0.05) is 17.9 Å². The summed E-state index contributed by atoms with van der Waals surface area (Å²) in [6.07, 6.45) is -1.38. The Kier molecular flexibility index (Phi) is 4.63. The second-order valence-corrected chi connectivity index (χ2v) is 6.43. The van der Waals surface area contributed by atoms with Crippen molar-refractivity contribution in [1.29, 1.82) is 0 Å². The Hall–Kier alpha value is -2.59. The van der Waals surface area contributed by atoms with Crippen LogP contribution in [-0.2, 0) is 12.7 Å². The molecule has 0 radical (unpaired) electrons. The Balaban J connectivity index is 2.11. The van der Waals surface area contributed by atoms with E-state index >= 15 is 0 Å². The molecule has 1 fully saturated rings. The first-order valence-corrected chi connectivity index (χ1v) is 8.11. The topological polar surface area (TPSA) is 86.2 Å². The lowest BCUT2D eigenvalue weighted by Gasteiger charge is -2.18. The number of halogens is 3. The summed E-state index contributed by atoms with van der Waals surface area (Å²) in [4.78, 5) is 26.4. The van der Waals surface area contributed by atoms with E-state index in [1.807, 2.05) is 0 Å². The molecular formula is C15H18F3N5O3. The molecule has 1 saturated carbocycles. The minimum atomic E-state index is -4.86. The Morgan fingerprint density at radius 3 is 2.42 bits per heavy atom. The van der Waals surface area contributed by atoms with Crippen LogP contribution in [0.5, 0.6) is 0 Å². The molecule has 2 heterocycles. The van der Waals surface area contributed by atoms with Crippen molar-refractivity contribution in [3.63, 3.8) is 0 Å². The molecule has 3 rings (SSSR count). The summed E-state index contributed by atoms with van der Waals surface area (Å²) in [5.41, 5.74) is -3.60. The number of nitrogens with zero attached hydrogens (tertiary/aromatic N) is 5. The van der Waals surface area contributed by atoms with Gasteiger partial charge in [0.25, 0.3) is 5.56 Å². The molecule has 1 aliphatic rings. The molecule has 0 N–H and O–H groups in total. The molecule has 0 unspecified atom stereocenters. The summed E-state index contributed by atoms with van der Waals surface area (Å²) < 4.78 is 46.7. The van der Waals surface area contributed by atoms with E-state index in [1.165, 1.54) is 4.90 Å². The molecule has 2 aromatic rings. The average molecular weight is 373 g/mol. The molecule has 8 nitrogen and oxygen atoms in total. The molecule has 142 valence electrons. The van der Waals surface area contributed by atoms with Gasteiger partial charge in [-0.25, -0.2) is 4.79 Å². The van der Waals surface area contributed by atoms with E-state index < -0.39 is 29.5 Å². The fourth-order valence-corrected chi connectivity index (χ4v) is 3.02. The molecule has 0 saturated heterocycles. The van der Waals surface area contributed by atoms with E-state index in [4.69, 9.17) is 4.42 Å². The lowest BCUT2D eigenvalue weighted by atomic mass is 10.2. The molecule has 0 spiro atoms. The Morgan fingerprint density at radius 1 is 1.23 bits per heavy atom. The molecule has 0 bridgehead atoms. The van der Waals surface area contributed by atoms with E-state index in [0.29, 0.717) is 23.6 Å². The van der Waals surface area contributed by atoms with Crippen LogP contribution in [0.1, 0.15) is 43.2 Å². The number of aromatic nitrogens is 4. The van der Waals surface area contributed by atoms with Gasteiger partial charge in [-0.15, -0.1) is 5.10 Å². The van der Waals surface area contributed by atoms with Crippen LogP contribution in [0.15, 0.2) is 20.2 Å². The molecule has 2 aromatic heterocycles. The van der Waals surface area contributed by atoms with Crippen LogP contribution >= 0.6 is 0 Å². The van der Waals surface area contributed by atoms with Crippen LogP contribution in [0.3, 0.4) is 0 Å². The highest BCUT2D eigenvalue weighted by Gasteiger charge is 2.37. The van der Waals surface area contributed by atoms with Crippen molar-refractivity contribution in [1.82, 2.24) is 19.3 Å². The summed E-state index contributed by atoms with van der Waals surface area (Å²) in [6.45, 7) is -0.519. The largest absolute Gasteiger partial charge is 0.423 e. The van der Waals surface area contributed by atoms with Gasteiger partial charge >= 0.3 is 17.9 Å². The average Bonchev–Trinajstić information content (AvgIpc) is 3.22. The van der Waals surface area contributed by atoms with Crippen LogP contribution in [0.4, 0.5) is 19.2 Å². The Labute approximate surface area is 145 Å². The van der Waals surface area contributed by atoms with Crippen molar-refractivity contribution >= 4 is 6.01 Å². The molecular weight excluding hydrogens is 355 g/mol. The predicted molar refractivity (Wildman–Crippen MR) is 85.2 cm³/mol. The fraction of sp³-hybridized carbons (Fsp3) is 0.600. The number of alkyl halides is 3. The predicted octanol–water partition coefficient (Wildman–Crippen LogP) is 1.64. The molecule has 0 atom stereocenters. The fourth-order valence-electron chi connectivity index (χ4n) is 3.02. The van der Waals surface area contributed by atoms with Crippen LogP contribution in [-0.4, -0.2) is 33.4 Å². The highest BCUT2D eigenvalue weighted by molar-refractivity contribution is 5.19. The van der Waals surface area contributed by atoms with Gasteiger partial charge in [0.15, 0.2) is 0 Å². The van der Waals surface area contributed by atoms with Gasteiger partial charge in [-0.2, -0.15) is 13.2 Å². The summed E-state index contributed by atoms with van der Waals surface area (Å²) in [6, 6.07) is -0.230. The zero-order valence-electron chi connectivity index (χ0n) is 14.3. The highest BCUT2D eigenvalue weighted by Crippen LogP contribution is 2.30. The zero-order chi connectivity index (χ0) is 19.1. The first-order chi connectivity index (χ1) is 12.2. The monoisotopic (exact) mass is 373 g/mol. The third kappa shape index (κ3) is 3.37. The maximum atomic E-state index is 13.3. The molecule has 11 heteroatoms. The normalized spacial score (nSPS) is 15.6. The van der Waals surface area contributed by atoms with Crippen LogP contribution in [0.2, 0.25) is 0 Å². The molecule has 0 aromatic carbocycles. The van der Waals surface area contributed by atoms with Crippen molar-refractivity contribution in [2.45, 2.75) is 44.4 Å². The third-order valence-electron chi connectivity index (χ3n) is 4.35. The van der Waals surface area contributed by atoms with Crippen molar-refractivity contribution in [3.05, 3.63) is 38.5 Å². The van der Waals surface area contributed by atoms with Gasteiger partial charge in [-0.05, 0) is 12.8 Å². The van der Waals surface area contributed by atoms with E-state index in [-0.39, 0.29) is 17.9 Å². The summed E-state index contributed by atoms with van der Waals surface area (Å²) in [5.74, 6) is -0.120. The van der Waals surface area contributed by atoms with E-state index in [9.17, 15) is 22.8 Å². The van der Waals surface area contributed by atoms with Crippen LogP contribution in [0, 0.1) is 0 Å². The van der Waals surface area contributed by atoms with E-state index in [0.717, 1.165) is 17.4 Å². The smallest absolute Gasteiger partial charge is 0.406 e. The van der Waals surface area contributed by atoms with E-state index in [1.54, 1.807) is 14.1 Å². The first-order valence-electron chi connectivity index (χ1n) is 8.11. The standard InChI is InChI=1S/C15H18F3N5O3/c1-21(2)13-20-19-11(26-13)8-23-12(24)10(15(16,17)18)7-22(14(23)25)9-5-3-4-6-9/h7,9H,3-6,8H2,1-2H3. The molecule has 0 amide bonds. The first kappa shape index (κ1) is 18.2. The van der Waals surface area contributed by atoms with Crippen LogP contribution < -0.4 is 16.1 Å². The highest BCUT2D eigenvalue weighted by atomic mass is 19.4.